The fourth-order valence-corrected chi connectivity index (χ4v) is 3.49. The van der Waals surface area contributed by atoms with Gasteiger partial charge in [-0.15, -0.1) is 0 Å². The van der Waals surface area contributed by atoms with Gasteiger partial charge in [0.1, 0.15) is 0 Å². The standard InChI is InChI=1S/C24H18Cl2N2O/c1-15(16-6-10-18(25)11-7-16)27-24(29)21-14-23(17-8-12-19(26)13-9-17)28-22-5-3-2-4-20(21)22/h2-15H,1H3,(H,27,29). The number of aromatic nitrogens is 1. The van der Waals surface area contributed by atoms with E-state index in [4.69, 9.17) is 28.2 Å². The predicted octanol–water partition coefficient (Wildman–Crippen LogP) is 6.70. The number of amides is 1. The minimum atomic E-state index is -0.161. The maximum absolute atomic E-state index is 13.2. The fraction of sp³-hybridized carbons (Fsp3) is 0.0833. The van der Waals surface area contributed by atoms with Gasteiger partial charge in [-0.05, 0) is 48.9 Å². The lowest BCUT2D eigenvalue weighted by Crippen LogP contribution is -2.27. The van der Waals surface area contributed by atoms with Gasteiger partial charge in [0.15, 0.2) is 0 Å². The van der Waals surface area contributed by atoms with Crippen molar-refractivity contribution in [2.75, 3.05) is 0 Å². The second kappa shape index (κ2) is 8.24. The average Bonchev–Trinajstić information content (AvgIpc) is 2.74. The van der Waals surface area contributed by atoms with E-state index in [1.807, 2.05) is 85.8 Å². The third-order valence-corrected chi connectivity index (χ3v) is 5.32. The third kappa shape index (κ3) is 4.26. The zero-order valence-corrected chi connectivity index (χ0v) is 17.2. The first kappa shape index (κ1) is 19.4. The molecule has 0 aliphatic carbocycles. The molecule has 3 nitrogen and oxygen atoms in total. The highest BCUT2D eigenvalue weighted by molar-refractivity contribution is 6.30. The van der Waals surface area contributed by atoms with Gasteiger partial charge in [-0.1, -0.05) is 65.7 Å². The number of carbonyl (C=O) groups excluding carboxylic acids is 1. The Bertz CT molecular complexity index is 1170. The summed E-state index contributed by atoms with van der Waals surface area (Å²) in [7, 11) is 0. The fourth-order valence-electron chi connectivity index (χ4n) is 3.24. The van der Waals surface area contributed by atoms with E-state index in [1.54, 1.807) is 0 Å². The van der Waals surface area contributed by atoms with Gasteiger partial charge in [0, 0.05) is 21.0 Å². The molecule has 0 aliphatic heterocycles. The third-order valence-electron chi connectivity index (χ3n) is 4.82. The van der Waals surface area contributed by atoms with Crippen molar-refractivity contribution in [3.8, 4) is 11.3 Å². The van der Waals surface area contributed by atoms with Crippen LogP contribution in [0.15, 0.2) is 78.9 Å². The Hall–Kier alpha value is -2.88. The van der Waals surface area contributed by atoms with E-state index in [1.165, 1.54) is 0 Å². The number of para-hydroxylation sites is 1. The highest BCUT2D eigenvalue weighted by Gasteiger charge is 2.16. The summed E-state index contributed by atoms with van der Waals surface area (Å²) in [5.41, 5.74) is 3.97. The molecule has 0 fully saturated rings. The SMILES string of the molecule is CC(NC(=O)c1cc(-c2ccc(Cl)cc2)nc2ccccc12)c1ccc(Cl)cc1. The Morgan fingerprint density at radius 2 is 1.52 bits per heavy atom. The molecule has 1 heterocycles. The zero-order chi connectivity index (χ0) is 20.4. The summed E-state index contributed by atoms with van der Waals surface area (Å²) in [4.78, 5) is 17.9. The molecule has 1 unspecified atom stereocenters. The molecule has 0 aliphatic rings. The lowest BCUT2D eigenvalue weighted by atomic mass is 10.0. The molecule has 1 atom stereocenters. The molecule has 1 N–H and O–H groups in total. The Kier molecular flexibility index (Phi) is 5.52. The molecule has 29 heavy (non-hydrogen) atoms. The van der Waals surface area contributed by atoms with Crippen LogP contribution in [-0.2, 0) is 0 Å². The number of benzene rings is 3. The largest absolute Gasteiger partial charge is 0.345 e. The van der Waals surface area contributed by atoms with Crippen LogP contribution < -0.4 is 5.32 Å². The number of hydrogen-bond donors (Lipinski definition) is 1. The lowest BCUT2D eigenvalue weighted by molar-refractivity contribution is 0.0941. The Balaban J connectivity index is 1.72. The molecule has 4 rings (SSSR count). The van der Waals surface area contributed by atoms with Gasteiger partial charge in [0.25, 0.3) is 5.91 Å². The molecule has 0 bridgehead atoms. The van der Waals surface area contributed by atoms with Crippen LogP contribution in [0.3, 0.4) is 0 Å². The minimum absolute atomic E-state index is 0.152. The maximum Gasteiger partial charge on any atom is 0.252 e. The number of hydrogen-bond acceptors (Lipinski definition) is 2. The molecule has 0 saturated heterocycles. The smallest absolute Gasteiger partial charge is 0.252 e. The zero-order valence-electron chi connectivity index (χ0n) is 15.7. The number of carbonyl (C=O) groups is 1. The van der Waals surface area contributed by atoms with Crippen molar-refractivity contribution in [3.63, 3.8) is 0 Å². The predicted molar refractivity (Wildman–Crippen MR) is 120 cm³/mol. The van der Waals surface area contributed by atoms with Crippen molar-refractivity contribution in [2.45, 2.75) is 13.0 Å². The summed E-state index contributed by atoms with van der Waals surface area (Å²) >= 11 is 12.0. The van der Waals surface area contributed by atoms with Crippen molar-refractivity contribution >= 4 is 40.0 Å². The molecule has 0 spiro atoms. The summed E-state index contributed by atoms with van der Waals surface area (Å²) in [5.74, 6) is -0.152. The normalized spacial score (nSPS) is 12.0. The van der Waals surface area contributed by atoms with E-state index < -0.39 is 0 Å². The molecule has 4 aromatic rings. The molecule has 144 valence electrons. The van der Waals surface area contributed by atoms with Gasteiger partial charge in [-0.3, -0.25) is 4.79 Å². The van der Waals surface area contributed by atoms with Crippen LogP contribution in [0, 0.1) is 0 Å². The molecule has 5 heteroatoms. The van der Waals surface area contributed by atoms with Gasteiger partial charge in [0.05, 0.1) is 22.8 Å². The summed E-state index contributed by atoms with van der Waals surface area (Å²) in [6.07, 6.45) is 0. The van der Waals surface area contributed by atoms with Crippen LogP contribution in [0.25, 0.3) is 22.2 Å². The van der Waals surface area contributed by atoms with E-state index >= 15 is 0 Å². The summed E-state index contributed by atoms with van der Waals surface area (Å²) in [6.45, 7) is 1.95. The van der Waals surface area contributed by atoms with Crippen LogP contribution in [0.4, 0.5) is 0 Å². The highest BCUT2D eigenvalue weighted by atomic mass is 35.5. The first-order chi connectivity index (χ1) is 14.0. The van der Waals surface area contributed by atoms with E-state index in [9.17, 15) is 4.79 Å². The van der Waals surface area contributed by atoms with Crippen LogP contribution >= 0.6 is 23.2 Å². The Labute approximate surface area is 179 Å². The molecular weight excluding hydrogens is 403 g/mol. The van der Waals surface area contributed by atoms with Crippen LogP contribution in [0.2, 0.25) is 10.0 Å². The van der Waals surface area contributed by atoms with E-state index in [2.05, 4.69) is 5.32 Å². The number of halogens is 2. The second-order valence-corrected chi connectivity index (χ2v) is 7.70. The lowest BCUT2D eigenvalue weighted by Gasteiger charge is -2.16. The summed E-state index contributed by atoms with van der Waals surface area (Å²) < 4.78 is 0. The van der Waals surface area contributed by atoms with Crippen molar-refractivity contribution < 1.29 is 4.79 Å². The van der Waals surface area contributed by atoms with Crippen molar-refractivity contribution in [1.29, 1.82) is 0 Å². The molecule has 1 aromatic heterocycles. The minimum Gasteiger partial charge on any atom is -0.345 e. The first-order valence-electron chi connectivity index (χ1n) is 9.23. The molecule has 1 amide bonds. The average molecular weight is 421 g/mol. The van der Waals surface area contributed by atoms with Crippen molar-refractivity contribution in [1.82, 2.24) is 10.3 Å². The van der Waals surface area contributed by atoms with E-state index in [-0.39, 0.29) is 11.9 Å². The summed E-state index contributed by atoms with van der Waals surface area (Å²) in [6, 6.07) is 24.2. The Morgan fingerprint density at radius 3 is 2.21 bits per heavy atom. The van der Waals surface area contributed by atoms with E-state index in [0.717, 1.165) is 27.7 Å². The number of pyridine rings is 1. The molecular formula is C24H18Cl2N2O. The number of nitrogens with zero attached hydrogens (tertiary/aromatic N) is 1. The molecule has 0 saturated carbocycles. The second-order valence-electron chi connectivity index (χ2n) is 6.83. The van der Waals surface area contributed by atoms with Crippen LogP contribution in [0.5, 0.6) is 0 Å². The van der Waals surface area contributed by atoms with Gasteiger partial charge in [-0.25, -0.2) is 4.98 Å². The topological polar surface area (TPSA) is 42.0 Å². The van der Waals surface area contributed by atoms with Crippen LogP contribution in [-0.4, -0.2) is 10.9 Å². The molecule has 0 radical (unpaired) electrons. The van der Waals surface area contributed by atoms with Crippen molar-refractivity contribution in [3.05, 3.63) is 100 Å². The number of rotatable bonds is 4. The van der Waals surface area contributed by atoms with E-state index in [0.29, 0.717) is 15.6 Å². The Morgan fingerprint density at radius 1 is 0.897 bits per heavy atom. The molecule has 3 aromatic carbocycles. The van der Waals surface area contributed by atoms with Gasteiger partial charge in [-0.2, -0.15) is 0 Å². The van der Waals surface area contributed by atoms with Crippen molar-refractivity contribution in [2.24, 2.45) is 0 Å². The summed E-state index contributed by atoms with van der Waals surface area (Å²) in [5, 5.41) is 5.22. The number of fused-ring (bicyclic) bond motifs is 1. The van der Waals surface area contributed by atoms with Gasteiger partial charge >= 0.3 is 0 Å². The van der Waals surface area contributed by atoms with Crippen LogP contribution in [0.1, 0.15) is 28.9 Å². The van der Waals surface area contributed by atoms with Gasteiger partial charge < -0.3 is 5.32 Å². The maximum atomic E-state index is 13.2. The highest BCUT2D eigenvalue weighted by Crippen LogP contribution is 2.26. The monoisotopic (exact) mass is 420 g/mol. The first-order valence-corrected chi connectivity index (χ1v) is 9.99. The quantitative estimate of drug-likeness (QED) is 0.398. The number of nitrogens with one attached hydrogen (secondary N) is 1. The van der Waals surface area contributed by atoms with Gasteiger partial charge in [0.2, 0.25) is 0 Å².